The zero-order valence-corrected chi connectivity index (χ0v) is 17.3. The first kappa shape index (κ1) is 18.0. The lowest BCUT2D eigenvalue weighted by molar-refractivity contribution is 0.00578. The van der Waals surface area contributed by atoms with Crippen molar-refractivity contribution in [3.05, 3.63) is 65.7 Å². The molecule has 0 amide bonds. The largest absolute Gasteiger partial charge is 0.496 e. The lowest BCUT2D eigenvalue weighted by Gasteiger charge is -2.32. The maximum Gasteiger partial charge on any atom is 0.496 e. The average Bonchev–Trinajstić information content (AvgIpc) is 2.88. The quantitative estimate of drug-likeness (QED) is 0.290. The predicted octanol–water partition coefficient (Wildman–Crippen LogP) is 6.10. The van der Waals surface area contributed by atoms with E-state index < -0.39 is 18.3 Å². The van der Waals surface area contributed by atoms with Crippen LogP contribution in [0.4, 0.5) is 0 Å². The Hall–Kier alpha value is -2.07. The number of hydrogen-bond donors (Lipinski definition) is 0. The van der Waals surface area contributed by atoms with Gasteiger partial charge < -0.3 is 9.31 Å². The third-order valence-electron chi connectivity index (χ3n) is 6.37. The standard InChI is InChI=1S/C24H22BClO2/c1-23(2)24(3,4)28-25(27-23)21-13-19-17-11-7-5-9-15(17)16-10-6-8-12-18(16)20(19)14-22(21)26/h5-14H,1-4H3. The van der Waals surface area contributed by atoms with Gasteiger partial charge in [0, 0.05) is 10.5 Å². The summed E-state index contributed by atoms with van der Waals surface area (Å²) in [5, 5.41) is 7.90. The second-order valence-electron chi connectivity index (χ2n) is 8.60. The van der Waals surface area contributed by atoms with Crippen LogP contribution in [-0.2, 0) is 9.31 Å². The van der Waals surface area contributed by atoms with Gasteiger partial charge in [-0.05, 0) is 66.1 Å². The molecule has 4 heteroatoms. The molecule has 0 atom stereocenters. The Labute approximate surface area is 170 Å². The van der Waals surface area contributed by atoms with Crippen molar-refractivity contribution in [3.63, 3.8) is 0 Å². The highest BCUT2D eigenvalue weighted by Gasteiger charge is 2.52. The van der Waals surface area contributed by atoms with Crippen LogP contribution in [0.3, 0.4) is 0 Å². The highest BCUT2D eigenvalue weighted by molar-refractivity contribution is 6.66. The fraction of sp³-hybridized carbons (Fsp3) is 0.250. The van der Waals surface area contributed by atoms with Gasteiger partial charge in [-0.15, -0.1) is 0 Å². The van der Waals surface area contributed by atoms with Gasteiger partial charge in [-0.1, -0.05) is 66.2 Å². The van der Waals surface area contributed by atoms with Gasteiger partial charge in [0.1, 0.15) is 0 Å². The summed E-state index contributed by atoms with van der Waals surface area (Å²) in [6.45, 7) is 8.24. The van der Waals surface area contributed by atoms with Crippen molar-refractivity contribution in [2.24, 2.45) is 0 Å². The SMILES string of the molecule is CC1(C)OB(c2cc3c4ccccc4c4ccccc4c3cc2Cl)OC1(C)C. The summed E-state index contributed by atoms with van der Waals surface area (Å²) in [4.78, 5) is 0. The molecule has 140 valence electrons. The molecular weight excluding hydrogens is 367 g/mol. The van der Waals surface area contributed by atoms with E-state index in [4.69, 9.17) is 20.9 Å². The number of rotatable bonds is 1. The van der Waals surface area contributed by atoms with Crippen LogP contribution in [0.25, 0.3) is 32.3 Å². The summed E-state index contributed by atoms with van der Waals surface area (Å²) in [6, 6.07) is 21.2. The minimum absolute atomic E-state index is 0.401. The van der Waals surface area contributed by atoms with Crippen molar-refractivity contribution < 1.29 is 9.31 Å². The van der Waals surface area contributed by atoms with Gasteiger partial charge >= 0.3 is 7.12 Å². The first-order valence-electron chi connectivity index (χ1n) is 9.67. The number of halogens is 1. The van der Waals surface area contributed by atoms with Crippen LogP contribution in [-0.4, -0.2) is 18.3 Å². The van der Waals surface area contributed by atoms with Crippen LogP contribution < -0.4 is 5.46 Å². The summed E-state index contributed by atoms with van der Waals surface area (Å²) >= 11 is 6.76. The number of hydrogen-bond acceptors (Lipinski definition) is 2. The fourth-order valence-corrected chi connectivity index (χ4v) is 4.34. The van der Waals surface area contributed by atoms with Crippen LogP contribution in [0.15, 0.2) is 60.7 Å². The van der Waals surface area contributed by atoms with Crippen LogP contribution in [0, 0.1) is 0 Å². The lowest BCUT2D eigenvalue weighted by atomic mass is 9.77. The molecule has 28 heavy (non-hydrogen) atoms. The summed E-state index contributed by atoms with van der Waals surface area (Å²) in [5.41, 5.74) is 0.0799. The molecule has 1 saturated heterocycles. The van der Waals surface area contributed by atoms with Crippen molar-refractivity contribution in [2.45, 2.75) is 38.9 Å². The Morgan fingerprint density at radius 1 is 0.643 bits per heavy atom. The maximum absolute atomic E-state index is 6.76. The van der Waals surface area contributed by atoms with E-state index in [-0.39, 0.29) is 0 Å². The molecule has 0 radical (unpaired) electrons. The van der Waals surface area contributed by atoms with E-state index in [1.165, 1.54) is 26.9 Å². The second-order valence-corrected chi connectivity index (χ2v) is 9.01. The minimum Gasteiger partial charge on any atom is -0.399 e. The van der Waals surface area contributed by atoms with Crippen molar-refractivity contribution in [2.75, 3.05) is 0 Å². The highest BCUT2D eigenvalue weighted by atomic mass is 35.5. The van der Waals surface area contributed by atoms with Crippen LogP contribution in [0.5, 0.6) is 0 Å². The van der Waals surface area contributed by atoms with Gasteiger partial charge in [-0.2, -0.15) is 0 Å². The second kappa shape index (κ2) is 5.97. The first-order valence-corrected chi connectivity index (χ1v) is 10.0. The third-order valence-corrected chi connectivity index (χ3v) is 6.70. The molecule has 0 bridgehead atoms. The molecule has 1 fully saturated rings. The fourth-order valence-electron chi connectivity index (χ4n) is 4.09. The Kier molecular flexibility index (Phi) is 3.83. The molecule has 1 aliphatic rings. The van der Waals surface area contributed by atoms with Gasteiger partial charge in [0.15, 0.2) is 0 Å². The normalized spacial score (nSPS) is 18.4. The summed E-state index contributed by atoms with van der Waals surface area (Å²) in [5.74, 6) is 0. The third kappa shape index (κ3) is 2.50. The van der Waals surface area contributed by atoms with E-state index in [0.717, 1.165) is 10.8 Å². The van der Waals surface area contributed by atoms with E-state index in [1.807, 2.05) is 0 Å². The molecule has 0 aromatic heterocycles. The van der Waals surface area contributed by atoms with E-state index >= 15 is 0 Å². The Balaban J connectivity index is 1.82. The molecule has 0 unspecified atom stereocenters. The maximum atomic E-state index is 6.76. The number of fused-ring (bicyclic) bond motifs is 6. The highest BCUT2D eigenvalue weighted by Crippen LogP contribution is 2.39. The molecule has 0 aliphatic carbocycles. The van der Waals surface area contributed by atoms with Gasteiger partial charge in [-0.3, -0.25) is 0 Å². The van der Waals surface area contributed by atoms with Gasteiger partial charge in [0.05, 0.1) is 11.2 Å². The van der Waals surface area contributed by atoms with Crippen molar-refractivity contribution in [3.8, 4) is 0 Å². The van der Waals surface area contributed by atoms with Crippen molar-refractivity contribution in [1.29, 1.82) is 0 Å². The van der Waals surface area contributed by atoms with E-state index in [1.54, 1.807) is 0 Å². The van der Waals surface area contributed by atoms with Gasteiger partial charge in [0.25, 0.3) is 0 Å². The monoisotopic (exact) mass is 388 g/mol. The molecule has 4 aromatic carbocycles. The van der Waals surface area contributed by atoms with Gasteiger partial charge in [0.2, 0.25) is 0 Å². The summed E-state index contributed by atoms with van der Waals surface area (Å²) in [6.07, 6.45) is 0. The number of benzene rings is 4. The molecule has 1 aliphatic heterocycles. The lowest BCUT2D eigenvalue weighted by Crippen LogP contribution is -2.41. The predicted molar refractivity (Wildman–Crippen MR) is 120 cm³/mol. The smallest absolute Gasteiger partial charge is 0.399 e. The molecule has 5 rings (SSSR count). The minimum atomic E-state index is -0.480. The Bertz CT molecular complexity index is 1230. The topological polar surface area (TPSA) is 18.5 Å². The van der Waals surface area contributed by atoms with Crippen LogP contribution >= 0.6 is 11.6 Å². The molecule has 2 nitrogen and oxygen atoms in total. The molecule has 0 spiro atoms. The van der Waals surface area contributed by atoms with E-state index in [0.29, 0.717) is 5.02 Å². The molecule has 4 aromatic rings. The van der Waals surface area contributed by atoms with Crippen LogP contribution in [0.1, 0.15) is 27.7 Å². The van der Waals surface area contributed by atoms with Crippen LogP contribution in [0.2, 0.25) is 5.02 Å². The summed E-state index contributed by atoms with van der Waals surface area (Å²) < 4.78 is 12.5. The molecular formula is C24H22BClO2. The summed E-state index contributed by atoms with van der Waals surface area (Å²) in [7, 11) is -0.480. The molecule has 1 heterocycles. The van der Waals surface area contributed by atoms with E-state index in [2.05, 4.69) is 88.4 Å². The zero-order chi connectivity index (χ0) is 19.7. The molecule has 0 N–H and O–H groups in total. The van der Waals surface area contributed by atoms with E-state index in [9.17, 15) is 0 Å². The van der Waals surface area contributed by atoms with Gasteiger partial charge in [-0.25, -0.2) is 0 Å². The molecule has 0 saturated carbocycles. The Morgan fingerprint density at radius 2 is 1.04 bits per heavy atom. The zero-order valence-electron chi connectivity index (χ0n) is 16.5. The van der Waals surface area contributed by atoms with Crippen molar-refractivity contribution >= 4 is 56.5 Å². The Morgan fingerprint density at radius 3 is 1.50 bits per heavy atom. The first-order chi connectivity index (χ1) is 13.3. The van der Waals surface area contributed by atoms with Crippen molar-refractivity contribution in [1.82, 2.24) is 0 Å². The average molecular weight is 389 g/mol.